The normalized spacial score (nSPS) is 25.9. The summed E-state index contributed by atoms with van der Waals surface area (Å²) in [5.41, 5.74) is 5.39. The zero-order chi connectivity index (χ0) is 12.3. The maximum Gasteiger partial charge on any atom is 0.317 e. The van der Waals surface area contributed by atoms with Crippen molar-refractivity contribution in [2.75, 3.05) is 19.7 Å². The minimum absolute atomic E-state index is 0.0108. The van der Waals surface area contributed by atoms with Crippen LogP contribution in [-0.4, -0.2) is 48.6 Å². The molecule has 2 amide bonds. The van der Waals surface area contributed by atoms with Crippen molar-refractivity contribution in [2.24, 2.45) is 5.73 Å². The summed E-state index contributed by atoms with van der Waals surface area (Å²) >= 11 is 0. The second-order valence-corrected chi connectivity index (χ2v) is 4.69. The van der Waals surface area contributed by atoms with Crippen LogP contribution in [0.1, 0.15) is 25.7 Å². The van der Waals surface area contributed by atoms with Crippen molar-refractivity contribution in [2.45, 2.75) is 37.8 Å². The van der Waals surface area contributed by atoms with Gasteiger partial charge in [-0.05, 0) is 12.8 Å². The highest BCUT2D eigenvalue weighted by Gasteiger charge is 2.27. The SMILES string of the molecule is N=C(N)C1CN(C(=O)NC2CCCC2)CCO1. The summed E-state index contributed by atoms with van der Waals surface area (Å²) in [6, 6.07) is 0.271. The third-order valence-corrected chi connectivity index (χ3v) is 3.38. The van der Waals surface area contributed by atoms with Crippen LogP contribution in [0.25, 0.3) is 0 Å². The number of hydrogen-bond donors (Lipinski definition) is 3. The minimum atomic E-state index is -0.446. The number of ether oxygens (including phenoxy) is 1. The molecule has 6 nitrogen and oxygen atoms in total. The summed E-state index contributed by atoms with van der Waals surface area (Å²) in [4.78, 5) is 13.7. The van der Waals surface area contributed by atoms with E-state index in [1.807, 2.05) is 0 Å². The van der Waals surface area contributed by atoms with Gasteiger partial charge in [-0.2, -0.15) is 0 Å². The summed E-state index contributed by atoms with van der Waals surface area (Å²) in [6.07, 6.45) is 4.10. The van der Waals surface area contributed by atoms with Crippen LogP contribution in [0.5, 0.6) is 0 Å². The molecule has 1 unspecified atom stereocenters. The van der Waals surface area contributed by atoms with Crippen LogP contribution in [0.15, 0.2) is 0 Å². The molecule has 1 saturated heterocycles. The van der Waals surface area contributed by atoms with Crippen molar-refractivity contribution in [1.82, 2.24) is 10.2 Å². The highest BCUT2D eigenvalue weighted by atomic mass is 16.5. The van der Waals surface area contributed by atoms with Gasteiger partial charge >= 0.3 is 6.03 Å². The molecule has 96 valence electrons. The first-order chi connectivity index (χ1) is 8.16. The number of amidine groups is 1. The highest BCUT2D eigenvalue weighted by molar-refractivity contribution is 5.83. The lowest BCUT2D eigenvalue weighted by atomic mass is 10.2. The molecule has 0 aromatic carbocycles. The second kappa shape index (κ2) is 5.35. The molecule has 0 radical (unpaired) electrons. The fourth-order valence-electron chi connectivity index (χ4n) is 2.36. The molecular weight excluding hydrogens is 220 g/mol. The lowest BCUT2D eigenvalue weighted by Gasteiger charge is -2.33. The molecule has 2 aliphatic rings. The molecule has 2 fully saturated rings. The molecule has 1 saturated carbocycles. The largest absolute Gasteiger partial charge is 0.385 e. The average molecular weight is 240 g/mol. The van der Waals surface area contributed by atoms with Crippen LogP contribution in [-0.2, 0) is 4.74 Å². The van der Waals surface area contributed by atoms with Gasteiger partial charge in [0.15, 0.2) is 0 Å². The van der Waals surface area contributed by atoms with Crippen LogP contribution in [0.3, 0.4) is 0 Å². The Morgan fingerprint density at radius 2 is 2.12 bits per heavy atom. The van der Waals surface area contributed by atoms with E-state index in [4.69, 9.17) is 15.9 Å². The Morgan fingerprint density at radius 1 is 1.41 bits per heavy atom. The number of nitrogens with zero attached hydrogens (tertiary/aromatic N) is 1. The predicted molar refractivity (Wildman–Crippen MR) is 64.0 cm³/mol. The van der Waals surface area contributed by atoms with Gasteiger partial charge in [0, 0.05) is 12.6 Å². The Bertz CT molecular complexity index is 302. The number of carbonyl (C=O) groups is 1. The molecular formula is C11H20N4O2. The van der Waals surface area contributed by atoms with Crippen LogP contribution in [0.4, 0.5) is 4.79 Å². The number of nitrogens with one attached hydrogen (secondary N) is 2. The van der Waals surface area contributed by atoms with E-state index in [9.17, 15) is 4.79 Å². The second-order valence-electron chi connectivity index (χ2n) is 4.69. The van der Waals surface area contributed by atoms with Gasteiger partial charge in [0.2, 0.25) is 0 Å². The van der Waals surface area contributed by atoms with Gasteiger partial charge in [-0.15, -0.1) is 0 Å². The topological polar surface area (TPSA) is 91.4 Å². The zero-order valence-corrected chi connectivity index (χ0v) is 9.95. The number of carbonyl (C=O) groups excluding carboxylic acids is 1. The van der Waals surface area contributed by atoms with E-state index < -0.39 is 6.10 Å². The molecule has 0 aromatic heterocycles. The van der Waals surface area contributed by atoms with E-state index in [1.165, 1.54) is 12.8 Å². The zero-order valence-electron chi connectivity index (χ0n) is 9.95. The quantitative estimate of drug-likeness (QED) is 0.478. The molecule has 1 atom stereocenters. The molecule has 4 N–H and O–H groups in total. The Labute approximate surface area is 101 Å². The molecule has 0 aromatic rings. The Balaban J connectivity index is 1.83. The maximum absolute atomic E-state index is 12.0. The highest BCUT2D eigenvalue weighted by Crippen LogP contribution is 2.18. The lowest BCUT2D eigenvalue weighted by Crippen LogP contribution is -2.54. The molecule has 17 heavy (non-hydrogen) atoms. The fraction of sp³-hybridized carbons (Fsp3) is 0.818. The van der Waals surface area contributed by atoms with Crippen molar-refractivity contribution < 1.29 is 9.53 Å². The van der Waals surface area contributed by atoms with Gasteiger partial charge in [0.25, 0.3) is 0 Å². The molecule has 6 heteroatoms. The summed E-state index contributed by atoms with van der Waals surface area (Å²) in [6.45, 7) is 1.40. The Hall–Kier alpha value is -1.30. The van der Waals surface area contributed by atoms with Gasteiger partial charge in [0.1, 0.15) is 11.9 Å². The smallest absolute Gasteiger partial charge is 0.317 e. The predicted octanol–water partition coefficient (Wildman–Crippen LogP) is 0.275. The third kappa shape index (κ3) is 3.09. The van der Waals surface area contributed by atoms with Gasteiger partial charge in [0.05, 0.1) is 13.2 Å². The summed E-state index contributed by atoms with van der Waals surface area (Å²) < 4.78 is 5.32. The maximum atomic E-state index is 12.0. The van der Waals surface area contributed by atoms with E-state index in [0.29, 0.717) is 25.7 Å². The van der Waals surface area contributed by atoms with Crippen molar-refractivity contribution in [3.8, 4) is 0 Å². The summed E-state index contributed by atoms with van der Waals surface area (Å²) in [7, 11) is 0. The van der Waals surface area contributed by atoms with Crippen molar-refractivity contribution in [3.63, 3.8) is 0 Å². The Morgan fingerprint density at radius 3 is 2.76 bits per heavy atom. The summed E-state index contributed by atoms with van der Waals surface area (Å²) in [5, 5.41) is 10.4. The van der Waals surface area contributed by atoms with Crippen molar-refractivity contribution in [3.05, 3.63) is 0 Å². The monoisotopic (exact) mass is 240 g/mol. The average Bonchev–Trinajstić information content (AvgIpc) is 2.82. The van der Waals surface area contributed by atoms with Crippen molar-refractivity contribution >= 4 is 11.9 Å². The third-order valence-electron chi connectivity index (χ3n) is 3.38. The molecule has 0 bridgehead atoms. The first kappa shape index (κ1) is 12.2. The Kier molecular flexibility index (Phi) is 3.83. The number of morpholine rings is 1. The molecule has 1 heterocycles. The number of nitrogens with two attached hydrogens (primary N) is 1. The summed E-state index contributed by atoms with van der Waals surface area (Å²) in [5.74, 6) is -0.0108. The van der Waals surface area contributed by atoms with Gasteiger partial charge < -0.3 is 20.7 Å². The van der Waals surface area contributed by atoms with Gasteiger partial charge in [-0.1, -0.05) is 12.8 Å². The number of hydrogen-bond acceptors (Lipinski definition) is 3. The van der Waals surface area contributed by atoms with Crippen LogP contribution < -0.4 is 11.1 Å². The minimum Gasteiger partial charge on any atom is -0.385 e. The van der Waals surface area contributed by atoms with E-state index in [-0.39, 0.29) is 11.9 Å². The first-order valence-corrected chi connectivity index (χ1v) is 6.18. The van der Waals surface area contributed by atoms with Crippen LogP contribution >= 0.6 is 0 Å². The van der Waals surface area contributed by atoms with E-state index in [0.717, 1.165) is 12.8 Å². The van der Waals surface area contributed by atoms with Crippen LogP contribution in [0.2, 0.25) is 0 Å². The van der Waals surface area contributed by atoms with E-state index in [1.54, 1.807) is 4.90 Å². The fourth-order valence-corrected chi connectivity index (χ4v) is 2.36. The lowest BCUT2D eigenvalue weighted by molar-refractivity contribution is 0.0204. The van der Waals surface area contributed by atoms with Gasteiger partial charge in [-0.25, -0.2) is 4.79 Å². The molecule has 1 aliphatic carbocycles. The van der Waals surface area contributed by atoms with Gasteiger partial charge in [-0.3, -0.25) is 5.41 Å². The first-order valence-electron chi connectivity index (χ1n) is 6.18. The molecule has 2 rings (SSSR count). The number of amides is 2. The number of urea groups is 1. The van der Waals surface area contributed by atoms with Crippen LogP contribution in [0, 0.1) is 5.41 Å². The standard InChI is InChI=1S/C11H20N4O2/c12-10(13)9-7-15(5-6-17-9)11(16)14-8-3-1-2-4-8/h8-9H,1-7H2,(H3,12,13)(H,14,16). The van der Waals surface area contributed by atoms with E-state index in [2.05, 4.69) is 5.32 Å². The van der Waals surface area contributed by atoms with E-state index >= 15 is 0 Å². The molecule has 1 aliphatic heterocycles. The number of rotatable bonds is 2. The van der Waals surface area contributed by atoms with Crippen molar-refractivity contribution in [1.29, 1.82) is 5.41 Å². The molecule has 0 spiro atoms.